The third-order valence-electron chi connectivity index (χ3n) is 7.02. The van der Waals surface area contributed by atoms with Gasteiger partial charge in [0.1, 0.15) is 18.7 Å². The summed E-state index contributed by atoms with van der Waals surface area (Å²) >= 11 is 0. The average molecular weight is 465 g/mol. The number of aliphatic carboxylic acids is 1. The van der Waals surface area contributed by atoms with E-state index in [1.807, 2.05) is 38.1 Å². The van der Waals surface area contributed by atoms with E-state index >= 15 is 0 Å². The maximum Gasteiger partial charge on any atom is 0.407 e. The number of alkyl carbamates (subject to hydrolysis) is 1. The maximum atomic E-state index is 13.2. The molecule has 1 aliphatic heterocycles. The fourth-order valence-corrected chi connectivity index (χ4v) is 5.22. The minimum atomic E-state index is -1.01. The SMILES string of the molecule is CCCC[C@H](NC(=O)OCC1c2ccccc2-c2ccccc21)C(=O)N1CCC(C)C1C(=O)O. The van der Waals surface area contributed by atoms with Gasteiger partial charge in [0.05, 0.1) is 0 Å². The molecule has 4 rings (SSSR count). The third-order valence-corrected chi connectivity index (χ3v) is 7.02. The second-order valence-electron chi connectivity index (χ2n) is 9.25. The standard InChI is InChI=1S/C27H32N2O5/c1-3-4-13-23(25(30)29-15-14-17(2)24(29)26(31)32)28-27(33)34-16-22-20-11-7-5-9-18(20)19-10-6-8-12-21(19)22/h5-12,17,22-24H,3-4,13-16H2,1-2H3,(H,28,33)(H,31,32)/t17?,23-,24?/m0/s1. The molecule has 0 saturated carbocycles. The van der Waals surface area contributed by atoms with Crippen molar-refractivity contribution in [2.75, 3.05) is 13.2 Å². The molecule has 2 N–H and O–H groups in total. The van der Waals surface area contributed by atoms with E-state index in [1.165, 1.54) is 4.90 Å². The van der Waals surface area contributed by atoms with Crippen LogP contribution >= 0.6 is 0 Å². The topological polar surface area (TPSA) is 95.9 Å². The Kier molecular flexibility index (Phi) is 7.20. The van der Waals surface area contributed by atoms with Gasteiger partial charge < -0.3 is 20.1 Å². The molecule has 1 aliphatic carbocycles. The molecule has 1 fully saturated rings. The van der Waals surface area contributed by atoms with Crippen LogP contribution in [0.25, 0.3) is 11.1 Å². The lowest BCUT2D eigenvalue weighted by atomic mass is 9.98. The van der Waals surface area contributed by atoms with Gasteiger partial charge in [-0.2, -0.15) is 0 Å². The Hall–Kier alpha value is -3.35. The highest BCUT2D eigenvalue weighted by molar-refractivity contribution is 5.90. The van der Waals surface area contributed by atoms with Crippen LogP contribution in [-0.4, -0.2) is 53.2 Å². The van der Waals surface area contributed by atoms with Gasteiger partial charge in [0, 0.05) is 12.5 Å². The van der Waals surface area contributed by atoms with E-state index in [0.29, 0.717) is 19.4 Å². The van der Waals surface area contributed by atoms with Crippen LogP contribution in [0.4, 0.5) is 4.79 Å². The van der Waals surface area contributed by atoms with Gasteiger partial charge in [-0.3, -0.25) is 4.79 Å². The summed E-state index contributed by atoms with van der Waals surface area (Å²) in [7, 11) is 0. The van der Waals surface area contributed by atoms with Crippen molar-refractivity contribution in [1.29, 1.82) is 0 Å². The molecule has 0 spiro atoms. The number of nitrogens with one attached hydrogen (secondary N) is 1. The highest BCUT2D eigenvalue weighted by Crippen LogP contribution is 2.44. The highest BCUT2D eigenvalue weighted by Gasteiger charge is 2.42. The van der Waals surface area contributed by atoms with E-state index < -0.39 is 24.1 Å². The van der Waals surface area contributed by atoms with Crippen LogP contribution in [0.3, 0.4) is 0 Å². The summed E-state index contributed by atoms with van der Waals surface area (Å²) in [4.78, 5) is 39.1. The first-order chi connectivity index (χ1) is 16.4. The van der Waals surface area contributed by atoms with E-state index in [-0.39, 0.29) is 24.3 Å². The lowest BCUT2D eigenvalue weighted by Crippen LogP contribution is -2.52. The molecule has 34 heavy (non-hydrogen) atoms. The minimum absolute atomic E-state index is 0.0706. The van der Waals surface area contributed by atoms with Crippen molar-refractivity contribution in [3.05, 3.63) is 59.7 Å². The second-order valence-corrected chi connectivity index (χ2v) is 9.25. The van der Waals surface area contributed by atoms with Crippen molar-refractivity contribution in [3.8, 4) is 11.1 Å². The molecule has 2 unspecified atom stereocenters. The first-order valence-electron chi connectivity index (χ1n) is 12.1. The summed E-state index contributed by atoms with van der Waals surface area (Å²) in [6.45, 7) is 4.39. The Morgan fingerprint density at radius 1 is 1.09 bits per heavy atom. The van der Waals surface area contributed by atoms with Crippen molar-refractivity contribution in [3.63, 3.8) is 0 Å². The number of carboxylic acids is 1. The fourth-order valence-electron chi connectivity index (χ4n) is 5.22. The number of likely N-dealkylation sites (tertiary alicyclic amines) is 1. The smallest absolute Gasteiger partial charge is 0.407 e. The van der Waals surface area contributed by atoms with Gasteiger partial charge >= 0.3 is 12.1 Å². The Labute approximate surface area is 200 Å². The number of hydrogen-bond donors (Lipinski definition) is 2. The highest BCUT2D eigenvalue weighted by atomic mass is 16.5. The molecule has 2 aliphatic rings. The number of fused-ring (bicyclic) bond motifs is 3. The molecule has 0 radical (unpaired) electrons. The zero-order valence-corrected chi connectivity index (χ0v) is 19.7. The quantitative estimate of drug-likeness (QED) is 0.604. The molecule has 180 valence electrons. The Morgan fingerprint density at radius 3 is 2.29 bits per heavy atom. The summed E-state index contributed by atoms with van der Waals surface area (Å²) in [5.41, 5.74) is 4.52. The third kappa shape index (κ3) is 4.65. The van der Waals surface area contributed by atoms with Crippen LogP contribution in [0.15, 0.2) is 48.5 Å². The van der Waals surface area contributed by atoms with Crippen molar-refractivity contribution in [1.82, 2.24) is 10.2 Å². The van der Waals surface area contributed by atoms with Gasteiger partial charge in [-0.25, -0.2) is 9.59 Å². The van der Waals surface area contributed by atoms with E-state index in [1.54, 1.807) is 0 Å². The molecule has 2 aromatic carbocycles. The second kappa shape index (κ2) is 10.3. The monoisotopic (exact) mass is 464 g/mol. The van der Waals surface area contributed by atoms with Crippen LogP contribution in [0.1, 0.15) is 56.6 Å². The van der Waals surface area contributed by atoms with Crippen LogP contribution in [0.5, 0.6) is 0 Å². The van der Waals surface area contributed by atoms with Crippen LogP contribution in [0, 0.1) is 5.92 Å². The van der Waals surface area contributed by atoms with Gasteiger partial charge in [0.2, 0.25) is 5.91 Å². The number of carbonyl (C=O) groups excluding carboxylic acids is 2. The Bertz CT molecular complexity index is 1020. The van der Waals surface area contributed by atoms with Gasteiger partial charge in [-0.15, -0.1) is 0 Å². The molecule has 7 nitrogen and oxygen atoms in total. The number of carbonyl (C=O) groups is 3. The zero-order chi connectivity index (χ0) is 24.2. The van der Waals surface area contributed by atoms with E-state index in [4.69, 9.17) is 4.74 Å². The van der Waals surface area contributed by atoms with Crippen molar-refractivity contribution in [2.45, 2.75) is 57.5 Å². The van der Waals surface area contributed by atoms with Gasteiger partial charge in [0.25, 0.3) is 0 Å². The number of unbranched alkanes of at least 4 members (excludes halogenated alkanes) is 1. The number of hydrogen-bond acceptors (Lipinski definition) is 4. The number of nitrogens with zero attached hydrogens (tertiary/aromatic N) is 1. The van der Waals surface area contributed by atoms with Crippen molar-refractivity contribution < 1.29 is 24.2 Å². The summed E-state index contributed by atoms with van der Waals surface area (Å²) in [5, 5.41) is 12.3. The first kappa shape index (κ1) is 23.8. The van der Waals surface area contributed by atoms with Gasteiger partial charge in [-0.05, 0) is 41.0 Å². The normalized spacial score (nSPS) is 19.9. The maximum absolute atomic E-state index is 13.2. The van der Waals surface area contributed by atoms with Crippen molar-refractivity contribution in [2.24, 2.45) is 5.92 Å². The lowest BCUT2D eigenvalue weighted by Gasteiger charge is -2.28. The molecule has 0 bridgehead atoms. The fraction of sp³-hybridized carbons (Fsp3) is 0.444. The minimum Gasteiger partial charge on any atom is -0.480 e. The summed E-state index contributed by atoms with van der Waals surface area (Å²) in [6, 6.07) is 14.5. The van der Waals surface area contributed by atoms with Crippen molar-refractivity contribution >= 4 is 18.0 Å². The molecule has 2 amide bonds. The molecule has 0 aromatic heterocycles. The number of rotatable bonds is 8. The largest absolute Gasteiger partial charge is 0.480 e. The Balaban J connectivity index is 1.44. The average Bonchev–Trinajstić information content (AvgIpc) is 3.38. The number of amides is 2. The molecule has 1 heterocycles. The number of ether oxygens (including phenoxy) is 1. The van der Waals surface area contributed by atoms with Gasteiger partial charge in [0.15, 0.2) is 0 Å². The molecule has 7 heteroatoms. The molecule has 3 atom stereocenters. The van der Waals surface area contributed by atoms with Crippen LogP contribution < -0.4 is 5.32 Å². The molecular weight excluding hydrogens is 432 g/mol. The molecule has 1 saturated heterocycles. The van der Waals surface area contributed by atoms with Gasteiger partial charge in [-0.1, -0.05) is 75.2 Å². The van der Waals surface area contributed by atoms with Crippen LogP contribution in [-0.2, 0) is 14.3 Å². The number of benzene rings is 2. The lowest BCUT2D eigenvalue weighted by molar-refractivity contribution is -0.150. The first-order valence-corrected chi connectivity index (χ1v) is 12.1. The Morgan fingerprint density at radius 2 is 1.71 bits per heavy atom. The molecular formula is C27H32N2O5. The van der Waals surface area contributed by atoms with Crippen LogP contribution in [0.2, 0.25) is 0 Å². The number of carboxylic acid groups (broad SMARTS) is 1. The summed E-state index contributed by atoms with van der Waals surface area (Å²) in [6.07, 6.45) is 2.01. The summed E-state index contributed by atoms with van der Waals surface area (Å²) < 4.78 is 5.62. The molecule has 2 aromatic rings. The zero-order valence-electron chi connectivity index (χ0n) is 19.7. The van der Waals surface area contributed by atoms with E-state index in [2.05, 4.69) is 29.6 Å². The van der Waals surface area contributed by atoms with E-state index in [0.717, 1.165) is 35.1 Å². The predicted octanol–water partition coefficient (Wildman–Crippen LogP) is 4.41. The van der Waals surface area contributed by atoms with E-state index in [9.17, 15) is 19.5 Å². The summed E-state index contributed by atoms with van der Waals surface area (Å²) in [5.74, 6) is -1.55. The predicted molar refractivity (Wildman–Crippen MR) is 128 cm³/mol.